The van der Waals surface area contributed by atoms with Gasteiger partial charge in [0.25, 0.3) is 0 Å². The van der Waals surface area contributed by atoms with Gasteiger partial charge in [0.05, 0.1) is 0 Å². The van der Waals surface area contributed by atoms with E-state index in [1.54, 1.807) is 6.07 Å². The number of hydrogen-bond acceptors (Lipinski definition) is 2. The van der Waals surface area contributed by atoms with E-state index in [1.807, 2.05) is 6.07 Å². The van der Waals surface area contributed by atoms with E-state index in [4.69, 9.17) is 0 Å². The Labute approximate surface area is 127 Å². The molecule has 0 radical (unpaired) electrons. The Morgan fingerprint density at radius 1 is 1.30 bits per heavy atom. The first-order chi connectivity index (χ1) is 9.31. The van der Waals surface area contributed by atoms with Crippen molar-refractivity contribution in [3.8, 4) is 0 Å². The van der Waals surface area contributed by atoms with Gasteiger partial charge < -0.3 is 10.2 Å². The molecule has 2 atom stereocenters. The molecule has 0 spiro atoms. The Balaban J connectivity index is 0.00000147. The predicted molar refractivity (Wildman–Crippen MR) is 83.0 cm³/mol. The van der Waals surface area contributed by atoms with Crippen molar-refractivity contribution in [1.82, 2.24) is 10.2 Å². The number of piperidine rings is 1. The molecule has 2 heterocycles. The van der Waals surface area contributed by atoms with Crippen molar-refractivity contribution in [2.75, 3.05) is 32.7 Å². The van der Waals surface area contributed by atoms with Gasteiger partial charge in [-0.05, 0) is 68.4 Å². The second-order valence-corrected chi connectivity index (χ2v) is 6.01. The third-order valence-electron chi connectivity index (χ3n) is 4.51. The number of benzene rings is 1. The van der Waals surface area contributed by atoms with Gasteiger partial charge in [0.1, 0.15) is 5.82 Å². The SMILES string of the molecule is Cl.Fc1cccc(C2CCN(CC3CCCNC3)C2)c1. The minimum atomic E-state index is -0.104. The summed E-state index contributed by atoms with van der Waals surface area (Å²) in [6.45, 7) is 5.82. The topological polar surface area (TPSA) is 15.3 Å². The van der Waals surface area contributed by atoms with Gasteiger partial charge in [0.15, 0.2) is 0 Å². The number of rotatable bonds is 3. The lowest BCUT2D eigenvalue weighted by Gasteiger charge is -2.27. The highest BCUT2D eigenvalue weighted by Crippen LogP contribution is 2.28. The average molecular weight is 299 g/mol. The van der Waals surface area contributed by atoms with Crippen LogP contribution in [0.3, 0.4) is 0 Å². The number of hydrogen-bond donors (Lipinski definition) is 1. The lowest BCUT2D eigenvalue weighted by atomic mass is 9.98. The van der Waals surface area contributed by atoms with Crippen LogP contribution >= 0.6 is 12.4 Å². The summed E-state index contributed by atoms with van der Waals surface area (Å²) in [7, 11) is 0. The maximum atomic E-state index is 13.3. The van der Waals surface area contributed by atoms with E-state index in [0.717, 1.165) is 19.0 Å². The zero-order chi connectivity index (χ0) is 13.1. The van der Waals surface area contributed by atoms with Gasteiger partial charge in [-0.2, -0.15) is 0 Å². The smallest absolute Gasteiger partial charge is 0.123 e. The molecule has 0 amide bonds. The van der Waals surface area contributed by atoms with Crippen LogP contribution < -0.4 is 5.32 Å². The van der Waals surface area contributed by atoms with Crippen LogP contribution in [0.5, 0.6) is 0 Å². The van der Waals surface area contributed by atoms with Crippen LogP contribution in [0.2, 0.25) is 0 Å². The largest absolute Gasteiger partial charge is 0.316 e. The summed E-state index contributed by atoms with van der Waals surface area (Å²) in [6.07, 6.45) is 3.84. The van der Waals surface area contributed by atoms with Crippen molar-refractivity contribution in [1.29, 1.82) is 0 Å². The highest BCUT2D eigenvalue weighted by atomic mass is 35.5. The quantitative estimate of drug-likeness (QED) is 0.923. The summed E-state index contributed by atoms with van der Waals surface area (Å²) < 4.78 is 13.3. The van der Waals surface area contributed by atoms with E-state index in [9.17, 15) is 4.39 Å². The second kappa shape index (κ2) is 7.39. The van der Waals surface area contributed by atoms with Crippen molar-refractivity contribution < 1.29 is 4.39 Å². The van der Waals surface area contributed by atoms with Crippen LogP contribution in [0.15, 0.2) is 24.3 Å². The van der Waals surface area contributed by atoms with Gasteiger partial charge in [-0.3, -0.25) is 0 Å². The second-order valence-electron chi connectivity index (χ2n) is 6.01. The molecular formula is C16H24ClFN2. The maximum Gasteiger partial charge on any atom is 0.123 e. The van der Waals surface area contributed by atoms with Crippen LogP contribution in [0, 0.1) is 11.7 Å². The molecule has 1 aromatic rings. The van der Waals surface area contributed by atoms with Gasteiger partial charge in [0.2, 0.25) is 0 Å². The highest BCUT2D eigenvalue weighted by Gasteiger charge is 2.26. The monoisotopic (exact) mass is 298 g/mol. The molecular weight excluding hydrogens is 275 g/mol. The lowest BCUT2D eigenvalue weighted by molar-refractivity contribution is 0.242. The van der Waals surface area contributed by atoms with Crippen LogP contribution in [-0.2, 0) is 0 Å². The fourth-order valence-corrected chi connectivity index (χ4v) is 3.48. The Kier molecular flexibility index (Phi) is 5.82. The first-order valence-electron chi connectivity index (χ1n) is 7.50. The summed E-state index contributed by atoms with van der Waals surface area (Å²) in [4.78, 5) is 2.56. The van der Waals surface area contributed by atoms with Crippen LogP contribution in [0.4, 0.5) is 4.39 Å². The molecule has 1 N–H and O–H groups in total. The van der Waals surface area contributed by atoms with E-state index in [0.29, 0.717) is 5.92 Å². The molecule has 3 rings (SSSR count). The average Bonchev–Trinajstić information content (AvgIpc) is 2.88. The molecule has 2 fully saturated rings. The number of halogens is 2. The standard InChI is InChI=1S/C16H23FN2.ClH/c17-16-5-1-4-14(9-16)15-6-8-19(12-15)11-13-3-2-7-18-10-13;/h1,4-5,9,13,15,18H,2-3,6-8,10-12H2;1H. The lowest BCUT2D eigenvalue weighted by Crippen LogP contribution is -2.37. The maximum absolute atomic E-state index is 13.3. The molecule has 2 aliphatic heterocycles. The van der Waals surface area contributed by atoms with Gasteiger partial charge in [-0.1, -0.05) is 12.1 Å². The molecule has 2 aliphatic rings. The third-order valence-corrected chi connectivity index (χ3v) is 4.51. The zero-order valence-corrected chi connectivity index (χ0v) is 12.7. The normalized spacial score (nSPS) is 27.2. The van der Waals surface area contributed by atoms with Crippen molar-refractivity contribution in [3.63, 3.8) is 0 Å². The Morgan fingerprint density at radius 2 is 2.20 bits per heavy atom. The molecule has 0 saturated carbocycles. The first-order valence-corrected chi connectivity index (χ1v) is 7.50. The molecule has 0 aliphatic carbocycles. The summed E-state index contributed by atoms with van der Waals surface area (Å²) in [5.41, 5.74) is 1.17. The molecule has 2 saturated heterocycles. The minimum Gasteiger partial charge on any atom is -0.316 e. The van der Waals surface area contributed by atoms with Crippen LogP contribution in [0.25, 0.3) is 0 Å². The fraction of sp³-hybridized carbons (Fsp3) is 0.625. The van der Waals surface area contributed by atoms with Crippen molar-refractivity contribution in [2.45, 2.75) is 25.2 Å². The van der Waals surface area contributed by atoms with Crippen molar-refractivity contribution >= 4 is 12.4 Å². The summed E-state index contributed by atoms with van der Waals surface area (Å²) >= 11 is 0. The minimum absolute atomic E-state index is 0. The summed E-state index contributed by atoms with van der Waals surface area (Å²) in [5, 5.41) is 3.48. The van der Waals surface area contributed by atoms with Gasteiger partial charge in [-0.15, -0.1) is 12.4 Å². The van der Waals surface area contributed by atoms with Crippen molar-refractivity contribution in [2.24, 2.45) is 5.92 Å². The van der Waals surface area contributed by atoms with Gasteiger partial charge >= 0.3 is 0 Å². The number of likely N-dealkylation sites (tertiary alicyclic amines) is 1. The molecule has 20 heavy (non-hydrogen) atoms. The first kappa shape index (κ1) is 15.7. The van der Waals surface area contributed by atoms with E-state index in [-0.39, 0.29) is 18.2 Å². The highest BCUT2D eigenvalue weighted by molar-refractivity contribution is 5.85. The van der Waals surface area contributed by atoms with Gasteiger partial charge in [0, 0.05) is 13.1 Å². The predicted octanol–water partition coefficient (Wildman–Crippen LogP) is 3.04. The molecule has 112 valence electrons. The molecule has 4 heteroatoms. The Bertz CT molecular complexity index is 421. The summed E-state index contributed by atoms with van der Waals surface area (Å²) in [6, 6.07) is 7.14. The number of nitrogens with one attached hydrogen (secondary N) is 1. The molecule has 0 aromatic heterocycles. The van der Waals surface area contributed by atoms with E-state index in [2.05, 4.69) is 16.3 Å². The van der Waals surface area contributed by atoms with E-state index < -0.39 is 0 Å². The number of nitrogens with zero attached hydrogens (tertiary/aromatic N) is 1. The Morgan fingerprint density at radius 3 is 2.95 bits per heavy atom. The van der Waals surface area contributed by atoms with Crippen LogP contribution in [0.1, 0.15) is 30.7 Å². The van der Waals surface area contributed by atoms with E-state index in [1.165, 1.54) is 50.5 Å². The molecule has 1 aromatic carbocycles. The molecule has 2 nitrogen and oxygen atoms in total. The molecule has 2 unspecified atom stereocenters. The van der Waals surface area contributed by atoms with Crippen LogP contribution in [-0.4, -0.2) is 37.6 Å². The van der Waals surface area contributed by atoms with E-state index >= 15 is 0 Å². The third kappa shape index (κ3) is 3.94. The fourth-order valence-electron chi connectivity index (χ4n) is 3.48. The molecule has 0 bridgehead atoms. The Hall–Kier alpha value is -0.640. The van der Waals surface area contributed by atoms with Crippen molar-refractivity contribution in [3.05, 3.63) is 35.6 Å². The van der Waals surface area contributed by atoms with Gasteiger partial charge in [-0.25, -0.2) is 4.39 Å². The summed E-state index contributed by atoms with van der Waals surface area (Å²) in [5.74, 6) is 1.22. The zero-order valence-electron chi connectivity index (χ0n) is 11.9.